The Morgan fingerprint density at radius 2 is 1.81 bits per heavy atom. The Morgan fingerprint density at radius 3 is 2.24 bits per heavy atom. The van der Waals surface area contributed by atoms with E-state index in [-0.39, 0.29) is 11.5 Å². The van der Waals surface area contributed by atoms with Crippen LogP contribution in [0.15, 0.2) is 23.1 Å². The van der Waals surface area contributed by atoms with Crippen molar-refractivity contribution in [1.29, 1.82) is 0 Å². The van der Waals surface area contributed by atoms with Gasteiger partial charge in [0, 0.05) is 19.6 Å². The third kappa shape index (κ3) is 3.84. The average Bonchev–Trinajstić information content (AvgIpc) is 2.43. The Morgan fingerprint density at radius 1 is 1.24 bits per heavy atom. The molecular weight excluding hydrogens is 284 g/mol. The molecule has 2 N–H and O–H groups in total. The third-order valence-corrected chi connectivity index (χ3v) is 6.18. The highest BCUT2D eigenvalue weighted by molar-refractivity contribution is 7.89. The predicted octanol–water partition coefficient (Wildman–Crippen LogP) is 2.76. The minimum atomic E-state index is -3.50. The van der Waals surface area contributed by atoms with Crippen LogP contribution in [0.3, 0.4) is 0 Å². The molecule has 1 atom stereocenters. The normalized spacial score (nSPS) is 14.5. The molecular formula is C16H28N2O2S. The highest BCUT2D eigenvalue weighted by atomic mass is 32.2. The van der Waals surface area contributed by atoms with Gasteiger partial charge in [0.05, 0.1) is 4.90 Å². The zero-order valence-electron chi connectivity index (χ0n) is 14.0. The van der Waals surface area contributed by atoms with E-state index in [1.54, 1.807) is 19.2 Å². The first-order chi connectivity index (χ1) is 9.55. The molecule has 0 fully saturated rings. The molecule has 1 unspecified atom stereocenters. The van der Waals surface area contributed by atoms with E-state index in [0.717, 1.165) is 17.5 Å². The maximum Gasteiger partial charge on any atom is 0.243 e. The van der Waals surface area contributed by atoms with Crippen molar-refractivity contribution in [3.8, 4) is 0 Å². The van der Waals surface area contributed by atoms with Crippen molar-refractivity contribution in [1.82, 2.24) is 4.31 Å². The minimum Gasteiger partial charge on any atom is -0.326 e. The van der Waals surface area contributed by atoms with E-state index in [4.69, 9.17) is 5.73 Å². The molecule has 0 aliphatic heterocycles. The lowest BCUT2D eigenvalue weighted by Crippen LogP contribution is -2.42. The lowest BCUT2D eigenvalue weighted by atomic mass is 9.88. The maximum absolute atomic E-state index is 12.8. The van der Waals surface area contributed by atoms with Crippen LogP contribution in [0, 0.1) is 5.41 Å². The van der Waals surface area contributed by atoms with Gasteiger partial charge in [-0.3, -0.25) is 0 Å². The van der Waals surface area contributed by atoms with Crippen LogP contribution in [0.1, 0.15) is 45.7 Å². The molecule has 0 bridgehead atoms. The predicted molar refractivity (Wildman–Crippen MR) is 87.6 cm³/mol. The monoisotopic (exact) mass is 312 g/mol. The standard InChI is InChI=1S/C16H28N2O2S/c1-7-13-8-9-15(10-14(13)11-17)21(19,20)18(6)12(2)16(3,4)5/h8-10,12H,7,11,17H2,1-6H3. The van der Waals surface area contributed by atoms with E-state index in [9.17, 15) is 8.42 Å². The van der Waals surface area contributed by atoms with Crippen LogP contribution in [0.5, 0.6) is 0 Å². The number of benzene rings is 1. The molecule has 1 aromatic rings. The second-order valence-corrected chi connectivity index (χ2v) is 8.55. The molecule has 21 heavy (non-hydrogen) atoms. The first-order valence-electron chi connectivity index (χ1n) is 7.35. The van der Waals surface area contributed by atoms with Gasteiger partial charge >= 0.3 is 0 Å². The van der Waals surface area contributed by atoms with E-state index < -0.39 is 10.0 Å². The topological polar surface area (TPSA) is 63.4 Å². The van der Waals surface area contributed by atoms with Crippen LogP contribution in [0.2, 0.25) is 0 Å². The summed E-state index contributed by atoms with van der Waals surface area (Å²) in [4.78, 5) is 0.318. The quantitative estimate of drug-likeness (QED) is 0.909. The highest BCUT2D eigenvalue weighted by Gasteiger charge is 2.32. The second-order valence-electron chi connectivity index (χ2n) is 6.55. The van der Waals surface area contributed by atoms with Crippen LogP contribution in [-0.4, -0.2) is 25.8 Å². The molecule has 5 heteroatoms. The molecule has 0 aromatic heterocycles. The smallest absolute Gasteiger partial charge is 0.243 e. The molecule has 0 amide bonds. The fraction of sp³-hybridized carbons (Fsp3) is 0.625. The van der Waals surface area contributed by atoms with Crippen molar-refractivity contribution < 1.29 is 8.42 Å². The molecule has 0 aliphatic carbocycles. The van der Waals surface area contributed by atoms with Crippen molar-refractivity contribution in [2.75, 3.05) is 7.05 Å². The van der Waals surface area contributed by atoms with Crippen LogP contribution < -0.4 is 5.73 Å². The number of rotatable bonds is 5. The molecule has 0 spiro atoms. The zero-order chi connectivity index (χ0) is 16.4. The highest BCUT2D eigenvalue weighted by Crippen LogP contribution is 2.28. The van der Waals surface area contributed by atoms with Gasteiger partial charge in [-0.2, -0.15) is 4.31 Å². The Bertz CT molecular complexity index is 589. The van der Waals surface area contributed by atoms with Crippen molar-refractivity contribution in [2.45, 2.75) is 58.5 Å². The fourth-order valence-corrected chi connectivity index (χ4v) is 3.81. The molecule has 1 aromatic carbocycles. The molecule has 4 nitrogen and oxygen atoms in total. The van der Waals surface area contributed by atoms with Crippen molar-refractivity contribution >= 4 is 10.0 Å². The molecule has 0 heterocycles. The summed E-state index contributed by atoms with van der Waals surface area (Å²) in [5.74, 6) is 0. The van der Waals surface area contributed by atoms with E-state index in [1.165, 1.54) is 4.31 Å². The molecule has 0 saturated heterocycles. The Labute approximate surface area is 129 Å². The summed E-state index contributed by atoms with van der Waals surface area (Å²) in [6.45, 7) is 10.4. The summed E-state index contributed by atoms with van der Waals surface area (Å²) >= 11 is 0. The van der Waals surface area contributed by atoms with Crippen molar-refractivity contribution in [3.63, 3.8) is 0 Å². The van der Waals surface area contributed by atoms with Gasteiger partial charge in [0.25, 0.3) is 0 Å². The van der Waals surface area contributed by atoms with Gasteiger partial charge in [0.1, 0.15) is 0 Å². The average molecular weight is 312 g/mol. The van der Waals surface area contributed by atoms with Gasteiger partial charge in [-0.1, -0.05) is 33.8 Å². The van der Waals surface area contributed by atoms with Gasteiger partial charge < -0.3 is 5.73 Å². The van der Waals surface area contributed by atoms with Crippen LogP contribution in [0.4, 0.5) is 0 Å². The second kappa shape index (κ2) is 6.46. The van der Waals surface area contributed by atoms with Gasteiger partial charge in [0.2, 0.25) is 10.0 Å². The molecule has 0 radical (unpaired) electrons. The molecule has 0 aliphatic rings. The summed E-state index contributed by atoms with van der Waals surface area (Å²) in [7, 11) is -1.86. The Kier molecular flexibility index (Phi) is 5.58. The van der Waals surface area contributed by atoms with Crippen LogP contribution in [-0.2, 0) is 23.0 Å². The Balaban J connectivity index is 3.25. The summed E-state index contributed by atoms with van der Waals surface area (Å²) in [5.41, 5.74) is 7.61. The number of hydrogen-bond donors (Lipinski definition) is 1. The first kappa shape index (κ1) is 18.1. The first-order valence-corrected chi connectivity index (χ1v) is 8.79. The van der Waals surface area contributed by atoms with Crippen LogP contribution in [0.25, 0.3) is 0 Å². The summed E-state index contributed by atoms with van der Waals surface area (Å²) in [6.07, 6.45) is 0.848. The molecule has 1 rings (SSSR count). The molecule has 120 valence electrons. The SMILES string of the molecule is CCc1ccc(S(=O)(=O)N(C)C(C)C(C)(C)C)cc1CN. The lowest BCUT2D eigenvalue weighted by molar-refractivity contribution is 0.216. The number of nitrogens with two attached hydrogens (primary N) is 1. The van der Waals surface area contributed by atoms with Gasteiger partial charge in [-0.25, -0.2) is 8.42 Å². The molecule has 0 saturated carbocycles. The summed E-state index contributed by atoms with van der Waals surface area (Å²) in [6, 6.07) is 5.15. The maximum atomic E-state index is 12.8. The summed E-state index contributed by atoms with van der Waals surface area (Å²) in [5, 5.41) is 0. The Hall–Kier alpha value is -0.910. The minimum absolute atomic E-state index is 0.102. The van der Waals surface area contributed by atoms with Gasteiger partial charge in [-0.05, 0) is 42.0 Å². The van der Waals surface area contributed by atoms with E-state index in [1.807, 2.05) is 40.7 Å². The van der Waals surface area contributed by atoms with Gasteiger partial charge in [0.15, 0.2) is 0 Å². The number of nitrogens with zero attached hydrogens (tertiary/aromatic N) is 1. The van der Waals surface area contributed by atoms with Crippen LogP contribution >= 0.6 is 0 Å². The third-order valence-electron chi connectivity index (χ3n) is 4.25. The fourth-order valence-electron chi connectivity index (χ4n) is 2.22. The van der Waals surface area contributed by atoms with E-state index >= 15 is 0 Å². The van der Waals surface area contributed by atoms with Crippen molar-refractivity contribution in [3.05, 3.63) is 29.3 Å². The summed E-state index contributed by atoms with van der Waals surface area (Å²) < 4.78 is 27.0. The zero-order valence-corrected chi connectivity index (χ0v) is 14.8. The lowest BCUT2D eigenvalue weighted by Gasteiger charge is -2.34. The van der Waals surface area contributed by atoms with E-state index in [2.05, 4.69) is 0 Å². The van der Waals surface area contributed by atoms with Gasteiger partial charge in [-0.15, -0.1) is 0 Å². The number of hydrogen-bond acceptors (Lipinski definition) is 3. The number of sulfonamides is 1. The van der Waals surface area contributed by atoms with Crippen molar-refractivity contribution in [2.24, 2.45) is 11.1 Å². The number of aryl methyl sites for hydroxylation is 1. The van der Waals surface area contributed by atoms with E-state index in [0.29, 0.717) is 11.4 Å². The largest absolute Gasteiger partial charge is 0.326 e.